The van der Waals surface area contributed by atoms with E-state index < -0.39 is 76.6 Å². The van der Waals surface area contributed by atoms with Crippen molar-refractivity contribution in [3.05, 3.63) is 0 Å². The first kappa shape index (κ1) is 17.9. The van der Waals surface area contributed by atoms with Gasteiger partial charge in [-0.05, 0) is 0 Å². The third-order valence-corrected chi connectivity index (χ3v) is 5.10. The summed E-state index contributed by atoms with van der Waals surface area (Å²) in [4.78, 5) is 35.0. The monoisotopic (exact) mass is 386 g/mol. The van der Waals surface area contributed by atoms with E-state index in [-0.39, 0.29) is 0 Å². The van der Waals surface area contributed by atoms with Gasteiger partial charge in [0.25, 0.3) is 0 Å². The quantitative estimate of drug-likeness (QED) is 0.339. The lowest BCUT2D eigenvalue weighted by molar-refractivity contribution is -0.166. The summed E-state index contributed by atoms with van der Waals surface area (Å²) in [7, 11) is -5.75. The van der Waals surface area contributed by atoms with Crippen molar-refractivity contribution in [3.8, 4) is 0 Å². The second kappa shape index (κ2) is 5.85. The molecule has 3 heterocycles. The molecular formula is C12H12F2O10S. The fraction of sp³-hybridized carbons (Fsp3) is 0.750. The summed E-state index contributed by atoms with van der Waals surface area (Å²) < 4.78 is 73.8. The van der Waals surface area contributed by atoms with Crippen LogP contribution in [-0.4, -0.2) is 67.7 Å². The van der Waals surface area contributed by atoms with E-state index >= 15 is 0 Å². The molecule has 5 atom stereocenters. The zero-order valence-corrected chi connectivity index (χ0v) is 13.1. The molecule has 140 valence electrons. The number of ether oxygens (including phenoxy) is 4. The molecule has 13 heteroatoms. The first-order chi connectivity index (χ1) is 11.5. The van der Waals surface area contributed by atoms with Gasteiger partial charge < -0.3 is 18.9 Å². The van der Waals surface area contributed by atoms with Crippen molar-refractivity contribution in [1.82, 2.24) is 0 Å². The summed E-state index contributed by atoms with van der Waals surface area (Å²) in [5, 5.41) is -4.69. The molecule has 3 aliphatic rings. The molecule has 1 N–H and O–H groups in total. The molecule has 0 aromatic heterocycles. The number of fused-ring (bicyclic) bond motifs is 1. The van der Waals surface area contributed by atoms with Gasteiger partial charge in [0, 0.05) is 6.42 Å². The minimum absolute atomic E-state index is 0.317. The van der Waals surface area contributed by atoms with Crippen LogP contribution in [-0.2, 0) is 43.4 Å². The third-order valence-electron chi connectivity index (χ3n) is 4.23. The Morgan fingerprint density at radius 2 is 1.96 bits per heavy atom. The van der Waals surface area contributed by atoms with Crippen LogP contribution >= 0.6 is 0 Å². The second-order valence-electron chi connectivity index (χ2n) is 5.78. The zero-order chi connectivity index (χ0) is 18.6. The smallest absolute Gasteiger partial charge is 0.402 e. The van der Waals surface area contributed by atoms with Crippen LogP contribution in [0.4, 0.5) is 8.78 Å². The van der Waals surface area contributed by atoms with Crippen molar-refractivity contribution in [1.29, 1.82) is 0 Å². The predicted octanol–water partition coefficient (Wildman–Crippen LogP) is -1.12. The lowest BCUT2D eigenvalue weighted by atomic mass is 9.80. The topological polar surface area (TPSA) is 142 Å². The summed E-state index contributed by atoms with van der Waals surface area (Å²) in [5.41, 5.74) is 0. The molecule has 0 saturated carbocycles. The molecule has 0 aliphatic carbocycles. The van der Waals surface area contributed by atoms with Crippen LogP contribution in [0.15, 0.2) is 0 Å². The largest absolute Gasteiger partial charge is 0.459 e. The standard InChI is InChI=1S/C12H12F2O10S/c13-12(14,25(18,19)20)3-22-6(15)2-21-10(16)7-4-1-5-9(23-4)8(7)11(17)24-5/h4-5,7-9H,1-3H2,(H,18,19,20). The SMILES string of the molecule is O=C(COC(=O)C1C2CC3OC(=O)C1C3O2)OCC(F)(F)S(=O)(=O)O. The molecule has 10 nitrogen and oxygen atoms in total. The normalized spacial score (nSPS) is 33.2. The average molecular weight is 386 g/mol. The van der Waals surface area contributed by atoms with E-state index in [1.54, 1.807) is 0 Å². The molecule has 3 aliphatic heterocycles. The molecule has 0 aromatic carbocycles. The van der Waals surface area contributed by atoms with Gasteiger partial charge in [-0.15, -0.1) is 0 Å². The summed E-state index contributed by atoms with van der Waals surface area (Å²) in [6.07, 6.45) is -1.23. The highest BCUT2D eigenvalue weighted by atomic mass is 32.2. The Bertz CT molecular complexity index is 717. The van der Waals surface area contributed by atoms with Gasteiger partial charge >= 0.3 is 33.3 Å². The molecular weight excluding hydrogens is 374 g/mol. The Labute approximate surface area is 139 Å². The van der Waals surface area contributed by atoms with E-state index in [0.717, 1.165) is 0 Å². The highest BCUT2D eigenvalue weighted by molar-refractivity contribution is 7.86. The molecule has 5 unspecified atom stereocenters. The van der Waals surface area contributed by atoms with E-state index in [0.29, 0.717) is 6.42 Å². The maximum absolute atomic E-state index is 12.9. The van der Waals surface area contributed by atoms with Crippen LogP contribution in [0.1, 0.15) is 6.42 Å². The second-order valence-corrected chi connectivity index (χ2v) is 7.33. The number of alkyl halides is 2. The van der Waals surface area contributed by atoms with Crippen molar-refractivity contribution in [2.24, 2.45) is 11.8 Å². The van der Waals surface area contributed by atoms with E-state index in [1.165, 1.54) is 0 Å². The van der Waals surface area contributed by atoms with Gasteiger partial charge in [0.2, 0.25) is 0 Å². The Balaban J connectivity index is 1.50. The molecule has 3 rings (SSSR count). The number of hydrogen-bond donors (Lipinski definition) is 1. The Morgan fingerprint density at radius 3 is 2.60 bits per heavy atom. The van der Waals surface area contributed by atoms with Crippen molar-refractivity contribution in [2.45, 2.75) is 30.0 Å². The minimum Gasteiger partial charge on any atom is -0.459 e. The number of halogens is 2. The number of carbonyl (C=O) groups is 3. The number of rotatable bonds is 6. The zero-order valence-electron chi connectivity index (χ0n) is 12.3. The lowest BCUT2D eigenvalue weighted by Crippen LogP contribution is -2.38. The van der Waals surface area contributed by atoms with Crippen molar-refractivity contribution in [2.75, 3.05) is 13.2 Å². The van der Waals surface area contributed by atoms with Crippen LogP contribution in [0.25, 0.3) is 0 Å². The van der Waals surface area contributed by atoms with Crippen molar-refractivity contribution in [3.63, 3.8) is 0 Å². The Morgan fingerprint density at radius 1 is 1.28 bits per heavy atom. The van der Waals surface area contributed by atoms with Gasteiger partial charge in [0.15, 0.2) is 13.2 Å². The minimum atomic E-state index is -5.75. The van der Waals surface area contributed by atoms with Gasteiger partial charge in [-0.1, -0.05) is 0 Å². The van der Waals surface area contributed by atoms with Gasteiger partial charge in [0.1, 0.15) is 18.1 Å². The van der Waals surface area contributed by atoms with Crippen LogP contribution in [0.3, 0.4) is 0 Å². The van der Waals surface area contributed by atoms with Gasteiger partial charge in [-0.3, -0.25) is 14.1 Å². The first-order valence-corrected chi connectivity index (χ1v) is 8.48. The molecule has 2 bridgehead atoms. The van der Waals surface area contributed by atoms with E-state index in [1.807, 2.05) is 0 Å². The third kappa shape index (κ3) is 3.06. The molecule has 0 spiro atoms. The van der Waals surface area contributed by atoms with Gasteiger partial charge in [-0.25, -0.2) is 4.79 Å². The van der Waals surface area contributed by atoms with Crippen LogP contribution in [0.2, 0.25) is 0 Å². The summed E-state index contributed by atoms with van der Waals surface area (Å²) in [5.74, 6) is -4.81. The van der Waals surface area contributed by atoms with Gasteiger partial charge in [-0.2, -0.15) is 17.2 Å². The van der Waals surface area contributed by atoms with Crippen molar-refractivity contribution >= 4 is 28.0 Å². The summed E-state index contributed by atoms with van der Waals surface area (Å²) in [6.45, 7) is -3.00. The molecule has 0 aromatic rings. The van der Waals surface area contributed by atoms with E-state index in [9.17, 15) is 31.6 Å². The fourth-order valence-electron chi connectivity index (χ4n) is 3.12. The fourth-order valence-corrected chi connectivity index (χ4v) is 3.33. The van der Waals surface area contributed by atoms with Crippen LogP contribution < -0.4 is 0 Å². The molecule has 25 heavy (non-hydrogen) atoms. The lowest BCUT2D eigenvalue weighted by Gasteiger charge is -2.19. The highest BCUT2D eigenvalue weighted by Crippen LogP contribution is 2.50. The van der Waals surface area contributed by atoms with Crippen LogP contribution in [0, 0.1) is 11.8 Å². The van der Waals surface area contributed by atoms with Gasteiger partial charge in [0.05, 0.1) is 12.0 Å². The predicted molar refractivity (Wildman–Crippen MR) is 68.6 cm³/mol. The summed E-state index contributed by atoms with van der Waals surface area (Å²) in [6, 6.07) is 0. The molecule has 0 radical (unpaired) electrons. The Kier molecular flexibility index (Phi) is 4.20. The highest BCUT2D eigenvalue weighted by Gasteiger charge is 2.66. The number of hydrogen-bond acceptors (Lipinski definition) is 9. The van der Waals surface area contributed by atoms with Crippen molar-refractivity contribution < 1.29 is 55.1 Å². The molecule has 3 saturated heterocycles. The van der Waals surface area contributed by atoms with E-state index in [4.69, 9.17) is 14.0 Å². The first-order valence-electron chi connectivity index (χ1n) is 7.04. The summed E-state index contributed by atoms with van der Waals surface area (Å²) >= 11 is 0. The number of esters is 3. The maximum atomic E-state index is 12.9. The van der Waals surface area contributed by atoms with E-state index in [2.05, 4.69) is 9.47 Å². The Hall–Kier alpha value is -1.86. The maximum Gasteiger partial charge on any atom is 0.402 e. The number of carbonyl (C=O) groups excluding carboxylic acids is 3. The molecule has 3 fully saturated rings. The average Bonchev–Trinajstić information content (AvgIpc) is 3.11. The van der Waals surface area contributed by atoms with Crippen LogP contribution in [0.5, 0.6) is 0 Å². The molecule has 0 amide bonds.